The monoisotopic (exact) mass is 388 g/mol. The highest BCUT2D eigenvalue weighted by atomic mass is 32.1. The van der Waals surface area contributed by atoms with Gasteiger partial charge in [-0.25, -0.2) is 4.90 Å². The molecule has 0 unspecified atom stereocenters. The molecule has 4 nitrogen and oxygen atoms in total. The molecular weight excluding hydrogens is 368 g/mol. The molecule has 140 valence electrons. The van der Waals surface area contributed by atoms with Crippen LogP contribution >= 0.6 is 11.3 Å². The molecule has 0 spiro atoms. The third kappa shape index (κ3) is 3.25. The van der Waals surface area contributed by atoms with Crippen molar-refractivity contribution in [1.29, 1.82) is 0 Å². The van der Waals surface area contributed by atoms with Gasteiger partial charge >= 0.3 is 0 Å². The summed E-state index contributed by atoms with van der Waals surface area (Å²) in [7, 11) is 0. The molecule has 0 aliphatic carbocycles. The van der Waals surface area contributed by atoms with Crippen molar-refractivity contribution in [3.63, 3.8) is 0 Å². The van der Waals surface area contributed by atoms with Crippen molar-refractivity contribution in [2.45, 2.75) is 19.8 Å². The molecule has 28 heavy (non-hydrogen) atoms. The van der Waals surface area contributed by atoms with Gasteiger partial charge in [0.25, 0.3) is 11.8 Å². The number of anilines is 2. The summed E-state index contributed by atoms with van der Waals surface area (Å²) in [4.78, 5) is 28.4. The standard InChI is InChI=1S/C23H20N2O2S/c1-15(2)16-10-12-17(13-11-16)24-21-20(19-9-6-14-28-19)22(26)25(23(21)27)18-7-4-3-5-8-18/h3-15,24H,1-2H3. The number of carbonyl (C=O) groups excluding carboxylic acids is 2. The lowest BCUT2D eigenvalue weighted by atomic mass is 10.0. The molecule has 2 heterocycles. The number of hydrogen-bond acceptors (Lipinski definition) is 4. The van der Waals surface area contributed by atoms with Crippen molar-refractivity contribution in [3.8, 4) is 0 Å². The molecule has 4 rings (SSSR count). The highest BCUT2D eigenvalue weighted by Gasteiger charge is 2.40. The summed E-state index contributed by atoms with van der Waals surface area (Å²) >= 11 is 1.45. The first-order chi connectivity index (χ1) is 13.6. The van der Waals surface area contributed by atoms with E-state index in [1.165, 1.54) is 21.8 Å². The van der Waals surface area contributed by atoms with Crippen molar-refractivity contribution in [2.24, 2.45) is 0 Å². The fourth-order valence-corrected chi connectivity index (χ4v) is 3.97. The summed E-state index contributed by atoms with van der Waals surface area (Å²) in [5, 5.41) is 5.10. The van der Waals surface area contributed by atoms with Crippen molar-refractivity contribution >= 4 is 40.1 Å². The van der Waals surface area contributed by atoms with Crippen LogP contribution in [-0.4, -0.2) is 11.8 Å². The number of para-hydroxylation sites is 1. The zero-order valence-corrected chi connectivity index (χ0v) is 16.5. The topological polar surface area (TPSA) is 49.4 Å². The van der Waals surface area contributed by atoms with E-state index in [2.05, 4.69) is 19.2 Å². The zero-order valence-electron chi connectivity index (χ0n) is 15.7. The quantitative estimate of drug-likeness (QED) is 0.606. The molecule has 1 aromatic heterocycles. The SMILES string of the molecule is CC(C)c1ccc(NC2=C(c3cccs3)C(=O)N(c3ccccc3)C2=O)cc1. The van der Waals surface area contributed by atoms with Gasteiger partial charge in [-0.05, 0) is 47.2 Å². The van der Waals surface area contributed by atoms with Gasteiger partial charge in [-0.2, -0.15) is 0 Å². The van der Waals surface area contributed by atoms with Crippen LogP contribution in [0.15, 0.2) is 77.8 Å². The van der Waals surface area contributed by atoms with Crippen LogP contribution in [0.1, 0.15) is 30.2 Å². The number of imide groups is 1. The van der Waals surface area contributed by atoms with Gasteiger partial charge in [0.15, 0.2) is 0 Å². The summed E-state index contributed by atoms with van der Waals surface area (Å²) in [5.74, 6) is -0.217. The van der Waals surface area contributed by atoms with Gasteiger partial charge in [0.1, 0.15) is 5.70 Å². The van der Waals surface area contributed by atoms with E-state index in [1.54, 1.807) is 12.1 Å². The highest BCUT2D eigenvalue weighted by Crippen LogP contribution is 2.35. The summed E-state index contributed by atoms with van der Waals surface area (Å²) in [5.41, 5.74) is 3.30. The van der Waals surface area contributed by atoms with Crippen LogP contribution in [0, 0.1) is 0 Å². The Morgan fingerprint density at radius 1 is 0.857 bits per heavy atom. The third-order valence-corrected chi connectivity index (χ3v) is 5.60. The number of carbonyl (C=O) groups is 2. The Labute approximate surface area is 168 Å². The molecule has 1 aliphatic rings. The average molecular weight is 388 g/mol. The van der Waals surface area contributed by atoms with Gasteiger partial charge in [0.2, 0.25) is 0 Å². The van der Waals surface area contributed by atoms with Crippen LogP contribution in [0.4, 0.5) is 11.4 Å². The Bertz CT molecular complexity index is 1040. The van der Waals surface area contributed by atoms with Crippen LogP contribution < -0.4 is 10.2 Å². The van der Waals surface area contributed by atoms with Gasteiger partial charge in [0, 0.05) is 10.6 Å². The lowest BCUT2D eigenvalue weighted by Gasteiger charge is -2.15. The molecule has 0 fully saturated rings. The molecule has 3 aromatic rings. The lowest BCUT2D eigenvalue weighted by Crippen LogP contribution is -2.32. The van der Waals surface area contributed by atoms with Crippen molar-refractivity contribution < 1.29 is 9.59 Å². The zero-order chi connectivity index (χ0) is 19.7. The number of benzene rings is 2. The molecule has 5 heteroatoms. The molecule has 0 radical (unpaired) electrons. The lowest BCUT2D eigenvalue weighted by molar-refractivity contribution is -0.120. The first-order valence-electron chi connectivity index (χ1n) is 9.15. The molecule has 0 bridgehead atoms. The number of amides is 2. The predicted octanol–water partition coefficient (Wildman–Crippen LogP) is 5.27. The number of thiophene rings is 1. The fraction of sp³-hybridized carbons (Fsp3) is 0.130. The number of rotatable bonds is 5. The van der Waals surface area contributed by atoms with Gasteiger partial charge in [0.05, 0.1) is 11.3 Å². The van der Waals surface area contributed by atoms with Crippen LogP contribution in [0.2, 0.25) is 0 Å². The summed E-state index contributed by atoms with van der Waals surface area (Å²) in [6, 6.07) is 20.7. The van der Waals surface area contributed by atoms with E-state index < -0.39 is 0 Å². The van der Waals surface area contributed by atoms with E-state index >= 15 is 0 Å². The largest absolute Gasteiger partial charge is 0.350 e. The van der Waals surface area contributed by atoms with Crippen LogP contribution in [0.5, 0.6) is 0 Å². The molecule has 0 saturated carbocycles. The predicted molar refractivity (Wildman–Crippen MR) is 114 cm³/mol. The normalized spacial score (nSPS) is 14.3. The summed E-state index contributed by atoms with van der Waals surface area (Å²) < 4.78 is 0. The first kappa shape index (κ1) is 18.2. The van der Waals surface area contributed by atoms with E-state index in [1.807, 2.05) is 60.0 Å². The Kier molecular flexibility index (Phi) is 4.84. The highest BCUT2D eigenvalue weighted by molar-refractivity contribution is 7.11. The van der Waals surface area contributed by atoms with E-state index in [4.69, 9.17) is 0 Å². The van der Waals surface area contributed by atoms with Gasteiger partial charge in [-0.3, -0.25) is 9.59 Å². The second-order valence-corrected chi connectivity index (χ2v) is 7.86. The van der Waals surface area contributed by atoms with Crippen molar-refractivity contribution in [3.05, 3.63) is 88.2 Å². The van der Waals surface area contributed by atoms with Gasteiger partial charge < -0.3 is 5.32 Å². The Hall–Kier alpha value is -3.18. The summed E-state index contributed by atoms with van der Waals surface area (Å²) in [6.07, 6.45) is 0. The molecular formula is C23H20N2O2S. The van der Waals surface area contributed by atoms with Crippen LogP contribution in [0.3, 0.4) is 0 Å². The van der Waals surface area contributed by atoms with Crippen molar-refractivity contribution in [2.75, 3.05) is 10.2 Å². The Morgan fingerprint density at radius 2 is 1.57 bits per heavy atom. The number of hydrogen-bond donors (Lipinski definition) is 1. The van der Waals surface area contributed by atoms with E-state index in [0.717, 1.165) is 10.6 Å². The second-order valence-electron chi connectivity index (χ2n) is 6.91. The van der Waals surface area contributed by atoms with E-state index in [0.29, 0.717) is 22.9 Å². The Balaban J connectivity index is 1.74. The smallest absolute Gasteiger partial charge is 0.282 e. The number of nitrogens with one attached hydrogen (secondary N) is 1. The van der Waals surface area contributed by atoms with Gasteiger partial charge in [-0.1, -0.05) is 50.2 Å². The van der Waals surface area contributed by atoms with E-state index in [9.17, 15) is 9.59 Å². The molecule has 2 aromatic carbocycles. The molecule has 2 amide bonds. The minimum absolute atomic E-state index is 0.306. The minimum Gasteiger partial charge on any atom is -0.350 e. The van der Waals surface area contributed by atoms with E-state index in [-0.39, 0.29) is 11.8 Å². The van der Waals surface area contributed by atoms with Gasteiger partial charge in [-0.15, -0.1) is 11.3 Å². The van der Waals surface area contributed by atoms with Crippen LogP contribution in [0.25, 0.3) is 5.57 Å². The maximum atomic E-state index is 13.2. The van der Waals surface area contributed by atoms with Crippen molar-refractivity contribution in [1.82, 2.24) is 0 Å². The van der Waals surface area contributed by atoms with Crippen LogP contribution in [-0.2, 0) is 9.59 Å². The molecule has 0 atom stereocenters. The molecule has 1 aliphatic heterocycles. The first-order valence-corrected chi connectivity index (χ1v) is 10.0. The molecule has 1 N–H and O–H groups in total. The third-order valence-electron chi connectivity index (χ3n) is 4.71. The maximum Gasteiger partial charge on any atom is 0.282 e. The molecule has 0 saturated heterocycles. The number of nitrogens with zero attached hydrogens (tertiary/aromatic N) is 1. The second kappa shape index (κ2) is 7.44. The summed E-state index contributed by atoms with van der Waals surface area (Å²) in [6.45, 7) is 4.27. The average Bonchev–Trinajstić information content (AvgIpc) is 3.30. The fourth-order valence-electron chi connectivity index (χ4n) is 3.20. The maximum absolute atomic E-state index is 13.2. The minimum atomic E-state index is -0.340. The Morgan fingerprint density at radius 3 is 2.18 bits per heavy atom.